The molecule has 2 rings (SSSR count). The number of amides is 1. The minimum Gasteiger partial charge on any atom is -0.398 e. The van der Waals surface area contributed by atoms with Gasteiger partial charge in [0.25, 0.3) is 5.91 Å². The van der Waals surface area contributed by atoms with Crippen molar-refractivity contribution < 1.29 is 4.79 Å². The Labute approximate surface area is 110 Å². The van der Waals surface area contributed by atoms with Gasteiger partial charge in [-0.05, 0) is 37.1 Å². The Morgan fingerprint density at radius 1 is 1.21 bits per heavy atom. The first-order chi connectivity index (χ1) is 8.99. The fraction of sp³-hybridized carbons (Fsp3) is 0.143. The number of H-pyrrole nitrogens is 1. The summed E-state index contributed by atoms with van der Waals surface area (Å²) in [5.74, 6) is -0.284. The minimum absolute atomic E-state index is 0.243. The number of nitrogens with two attached hydrogens (primary N) is 1. The number of carbonyl (C=O) groups excluding carboxylic acids is 1. The summed E-state index contributed by atoms with van der Waals surface area (Å²) in [7, 11) is 0. The highest BCUT2D eigenvalue weighted by atomic mass is 16.1. The van der Waals surface area contributed by atoms with Crippen LogP contribution in [0.5, 0.6) is 0 Å². The highest BCUT2D eigenvalue weighted by Crippen LogP contribution is 2.25. The summed E-state index contributed by atoms with van der Waals surface area (Å²) in [5, 5.41) is 2.81. The summed E-state index contributed by atoms with van der Waals surface area (Å²) < 4.78 is 0. The van der Waals surface area contributed by atoms with E-state index in [1.54, 1.807) is 6.07 Å². The van der Waals surface area contributed by atoms with Gasteiger partial charge in [-0.1, -0.05) is 6.07 Å². The number of rotatable bonds is 2. The van der Waals surface area contributed by atoms with E-state index in [1.807, 2.05) is 19.9 Å². The van der Waals surface area contributed by atoms with Gasteiger partial charge < -0.3 is 16.0 Å². The smallest absolute Gasteiger partial charge is 0.257 e. The number of aromatic amines is 1. The van der Waals surface area contributed by atoms with Gasteiger partial charge in [-0.25, -0.2) is 0 Å². The molecule has 0 radical (unpaired) electrons. The number of aryl methyl sites for hydroxylation is 1. The maximum Gasteiger partial charge on any atom is 0.257 e. The largest absolute Gasteiger partial charge is 0.398 e. The molecule has 1 aromatic heterocycles. The van der Waals surface area contributed by atoms with E-state index in [1.165, 1.54) is 18.3 Å². The molecule has 0 aliphatic carbocycles. The molecule has 0 bridgehead atoms. The average Bonchev–Trinajstić information content (AvgIpc) is 2.40. The highest BCUT2D eigenvalue weighted by molar-refractivity contribution is 6.05. The number of carbonyl (C=O) groups is 1. The first kappa shape index (κ1) is 12.9. The monoisotopic (exact) mass is 257 g/mol. The number of anilines is 2. The molecular weight excluding hydrogens is 242 g/mol. The van der Waals surface area contributed by atoms with Crippen LogP contribution in [-0.2, 0) is 0 Å². The Balaban J connectivity index is 2.31. The quantitative estimate of drug-likeness (QED) is 0.717. The van der Waals surface area contributed by atoms with Crippen molar-refractivity contribution >= 4 is 17.3 Å². The normalized spacial score (nSPS) is 10.2. The topological polar surface area (TPSA) is 88.0 Å². The number of hydrogen-bond donors (Lipinski definition) is 3. The zero-order valence-electron chi connectivity index (χ0n) is 10.8. The molecule has 0 atom stereocenters. The second-order valence-corrected chi connectivity index (χ2v) is 4.37. The molecule has 0 unspecified atom stereocenters. The molecule has 0 saturated carbocycles. The molecule has 19 heavy (non-hydrogen) atoms. The lowest BCUT2D eigenvalue weighted by Crippen LogP contribution is -2.16. The number of nitrogen functional groups attached to an aromatic ring is 1. The molecule has 4 N–H and O–H groups in total. The third-order valence-corrected chi connectivity index (χ3v) is 3.00. The van der Waals surface area contributed by atoms with Crippen molar-refractivity contribution in [1.29, 1.82) is 0 Å². The zero-order valence-corrected chi connectivity index (χ0v) is 10.8. The molecule has 0 fully saturated rings. The first-order valence-corrected chi connectivity index (χ1v) is 5.85. The van der Waals surface area contributed by atoms with E-state index in [9.17, 15) is 9.59 Å². The Kier molecular flexibility index (Phi) is 3.37. The Bertz CT molecular complexity index is 669. The van der Waals surface area contributed by atoms with E-state index in [0.717, 1.165) is 11.1 Å². The summed E-state index contributed by atoms with van der Waals surface area (Å²) in [6.07, 6.45) is 1.38. The van der Waals surface area contributed by atoms with E-state index in [2.05, 4.69) is 10.3 Å². The molecule has 5 nitrogen and oxygen atoms in total. The zero-order chi connectivity index (χ0) is 14.0. The van der Waals surface area contributed by atoms with Gasteiger partial charge in [-0.15, -0.1) is 0 Å². The van der Waals surface area contributed by atoms with Gasteiger partial charge in [0.2, 0.25) is 5.56 Å². The van der Waals surface area contributed by atoms with Crippen LogP contribution >= 0.6 is 0 Å². The lowest BCUT2D eigenvalue weighted by atomic mass is 10.1. The predicted octanol–water partition coefficient (Wildman–Crippen LogP) is 1.83. The molecule has 2 aromatic rings. The molecule has 98 valence electrons. The predicted molar refractivity (Wildman–Crippen MR) is 75.3 cm³/mol. The first-order valence-electron chi connectivity index (χ1n) is 5.85. The number of hydrogen-bond acceptors (Lipinski definition) is 3. The van der Waals surface area contributed by atoms with Crippen molar-refractivity contribution in [3.05, 3.63) is 57.5 Å². The van der Waals surface area contributed by atoms with Crippen LogP contribution in [-0.4, -0.2) is 10.9 Å². The fourth-order valence-electron chi connectivity index (χ4n) is 1.79. The lowest BCUT2D eigenvalue weighted by molar-refractivity contribution is 0.102. The Morgan fingerprint density at radius 2 is 1.95 bits per heavy atom. The second-order valence-electron chi connectivity index (χ2n) is 4.37. The van der Waals surface area contributed by atoms with Gasteiger partial charge in [-0.3, -0.25) is 9.59 Å². The molecule has 0 aliphatic heterocycles. The standard InChI is InChI=1S/C14H15N3O2/c1-8-3-5-11(15)9(2)13(8)17-14(19)10-4-6-12(18)16-7-10/h3-7H,15H2,1-2H3,(H,16,18)(H,17,19). The van der Waals surface area contributed by atoms with Gasteiger partial charge in [0.1, 0.15) is 0 Å². The molecule has 1 heterocycles. The summed E-state index contributed by atoms with van der Waals surface area (Å²) in [6, 6.07) is 6.45. The van der Waals surface area contributed by atoms with Crippen LogP contribution in [0.4, 0.5) is 11.4 Å². The number of nitrogens with one attached hydrogen (secondary N) is 2. The molecule has 0 aliphatic rings. The minimum atomic E-state index is -0.284. The summed E-state index contributed by atoms with van der Waals surface area (Å²) in [4.78, 5) is 25.5. The average molecular weight is 257 g/mol. The van der Waals surface area contributed by atoms with Crippen LogP contribution in [0.3, 0.4) is 0 Å². The van der Waals surface area contributed by atoms with Gasteiger partial charge in [0.15, 0.2) is 0 Å². The molecule has 0 saturated heterocycles. The van der Waals surface area contributed by atoms with Crippen LogP contribution < -0.4 is 16.6 Å². The molecule has 5 heteroatoms. The maximum absolute atomic E-state index is 12.1. The molecular formula is C14H15N3O2. The van der Waals surface area contributed by atoms with Gasteiger partial charge in [0, 0.05) is 23.6 Å². The summed E-state index contributed by atoms with van der Waals surface area (Å²) in [6.45, 7) is 3.75. The van der Waals surface area contributed by atoms with Crippen molar-refractivity contribution in [3.63, 3.8) is 0 Å². The Hall–Kier alpha value is -2.56. The van der Waals surface area contributed by atoms with Gasteiger partial charge in [-0.2, -0.15) is 0 Å². The third-order valence-electron chi connectivity index (χ3n) is 3.00. The van der Waals surface area contributed by atoms with Crippen LogP contribution in [0.25, 0.3) is 0 Å². The van der Waals surface area contributed by atoms with Crippen molar-refractivity contribution in [2.24, 2.45) is 0 Å². The Morgan fingerprint density at radius 3 is 2.58 bits per heavy atom. The number of pyridine rings is 1. The van der Waals surface area contributed by atoms with E-state index in [0.29, 0.717) is 16.9 Å². The van der Waals surface area contributed by atoms with E-state index in [-0.39, 0.29) is 11.5 Å². The third kappa shape index (κ3) is 2.65. The van der Waals surface area contributed by atoms with E-state index < -0.39 is 0 Å². The highest BCUT2D eigenvalue weighted by Gasteiger charge is 2.11. The van der Waals surface area contributed by atoms with Crippen molar-refractivity contribution in [2.45, 2.75) is 13.8 Å². The van der Waals surface area contributed by atoms with Crippen LogP contribution in [0, 0.1) is 13.8 Å². The number of aromatic nitrogens is 1. The SMILES string of the molecule is Cc1ccc(N)c(C)c1NC(=O)c1ccc(=O)[nH]c1. The van der Waals surface area contributed by atoms with Crippen LogP contribution in [0.2, 0.25) is 0 Å². The summed E-state index contributed by atoms with van der Waals surface area (Å²) >= 11 is 0. The lowest BCUT2D eigenvalue weighted by Gasteiger charge is -2.13. The van der Waals surface area contributed by atoms with Crippen LogP contribution in [0.15, 0.2) is 35.3 Å². The maximum atomic E-state index is 12.1. The molecule has 1 amide bonds. The number of benzene rings is 1. The van der Waals surface area contributed by atoms with Crippen molar-refractivity contribution in [3.8, 4) is 0 Å². The van der Waals surface area contributed by atoms with E-state index >= 15 is 0 Å². The fourth-order valence-corrected chi connectivity index (χ4v) is 1.79. The van der Waals surface area contributed by atoms with Crippen LogP contribution in [0.1, 0.15) is 21.5 Å². The van der Waals surface area contributed by atoms with Crippen molar-refractivity contribution in [2.75, 3.05) is 11.1 Å². The summed E-state index contributed by atoms with van der Waals surface area (Å²) in [5.41, 5.74) is 9.07. The second kappa shape index (κ2) is 4.97. The molecule has 0 spiro atoms. The van der Waals surface area contributed by atoms with E-state index in [4.69, 9.17) is 5.73 Å². The van der Waals surface area contributed by atoms with Gasteiger partial charge in [0.05, 0.1) is 5.56 Å². The molecule has 1 aromatic carbocycles. The van der Waals surface area contributed by atoms with Crippen molar-refractivity contribution in [1.82, 2.24) is 4.98 Å². The van der Waals surface area contributed by atoms with Gasteiger partial charge >= 0.3 is 0 Å².